The molecule has 1 amide bonds. The highest BCUT2D eigenvalue weighted by Gasteiger charge is 2.33. The SMILES string of the molecule is CC(C)(C)c1ccc(N2C(=O)c3c4cc(Br)ccc4nc4cccc2c34)cc1. The van der Waals surface area contributed by atoms with E-state index in [0.29, 0.717) is 0 Å². The van der Waals surface area contributed by atoms with Crippen LogP contribution in [0.4, 0.5) is 11.4 Å². The van der Waals surface area contributed by atoms with Gasteiger partial charge in [0.2, 0.25) is 0 Å². The number of pyridine rings is 1. The fourth-order valence-corrected chi connectivity index (χ4v) is 4.31. The van der Waals surface area contributed by atoms with Gasteiger partial charge < -0.3 is 0 Å². The standard InChI is InChI=1S/C24H19BrN2O/c1-24(2,3)14-7-10-16(11-8-14)27-20-6-4-5-19-22(20)21(23(27)28)17-13-15(25)9-12-18(17)26-19/h4-13H,1-3H3. The van der Waals surface area contributed by atoms with Gasteiger partial charge in [-0.2, -0.15) is 0 Å². The number of hydrogen-bond acceptors (Lipinski definition) is 2. The molecule has 0 spiro atoms. The minimum Gasteiger partial charge on any atom is -0.276 e. The quantitative estimate of drug-likeness (QED) is 0.313. The molecule has 1 aliphatic heterocycles. The van der Waals surface area contributed by atoms with Crippen molar-refractivity contribution in [1.29, 1.82) is 0 Å². The van der Waals surface area contributed by atoms with Crippen LogP contribution >= 0.6 is 15.9 Å². The van der Waals surface area contributed by atoms with Gasteiger partial charge in [0, 0.05) is 20.9 Å². The van der Waals surface area contributed by atoms with Crippen molar-refractivity contribution >= 4 is 55.0 Å². The van der Waals surface area contributed by atoms with Gasteiger partial charge in [-0.05, 0) is 53.4 Å². The summed E-state index contributed by atoms with van der Waals surface area (Å²) >= 11 is 3.53. The molecule has 0 radical (unpaired) electrons. The fourth-order valence-electron chi connectivity index (χ4n) is 3.94. The molecule has 3 aromatic carbocycles. The maximum absolute atomic E-state index is 13.6. The zero-order valence-corrected chi connectivity index (χ0v) is 17.5. The number of rotatable bonds is 1. The highest BCUT2D eigenvalue weighted by atomic mass is 79.9. The maximum atomic E-state index is 13.6. The summed E-state index contributed by atoms with van der Waals surface area (Å²) in [5.74, 6) is 0.000193. The Kier molecular flexibility index (Phi) is 3.65. The normalized spacial score (nSPS) is 13.7. The number of carbonyl (C=O) groups is 1. The molecule has 4 aromatic rings. The second kappa shape index (κ2) is 5.89. The van der Waals surface area contributed by atoms with Crippen LogP contribution in [-0.4, -0.2) is 10.9 Å². The molecule has 0 N–H and O–H groups in total. The lowest BCUT2D eigenvalue weighted by atomic mass is 9.87. The zero-order valence-electron chi connectivity index (χ0n) is 16.0. The van der Waals surface area contributed by atoms with E-state index >= 15 is 0 Å². The minimum atomic E-state index is 0.000193. The van der Waals surface area contributed by atoms with E-state index < -0.39 is 0 Å². The lowest BCUT2D eigenvalue weighted by Crippen LogP contribution is -2.21. The summed E-state index contributed by atoms with van der Waals surface area (Å²) in [7, 11) is 0. The van der Waals surface area contributed by atoms with E-state index in [-0.39, 0.29) is 11.3 Å². The van der Waals surface area contributed by atoms with Gasteiger partial charge in [-0.25, -0.2) is 4.98 Å². The Morgan fingerprint density at radius 3 is 2.39 bits per heavy atom. The first-order chi connectivity index (χ1) is 13.3. The zero-order chi connectivity index (χ0) is 19.6. The van der Waals surface area contributed by atoms with Crippen molar-refractivity contribution < 1.29 is 4.79 Å². The summed E-state index contributed by atoms with van der Waals surface area (Å²) in [6.07, 6.45) is 0. The molecule has 0 bridgehead atoms. The summed E-state index contributed by atoms with van der Waals surface area (Å²) in [6.45, 7) is 6.57. The fraction of sp³-hybridized carbons (Fsp3) is 0.167. The van der Waals surface area contributed by atoms with Gasteiger partial charge in [-0.15, -0.1) is 0 Å². The van der Waals surface area contributed by atoms with E-state index in [2.05, 4.69) is 48.8 Å². The summed E-state index contributed by atoms with van der Waals surface area (Å²) < 4.78 is 0.940. The third-order valence-corrected chi connectivity index (χ3v) is 5.88. The molecule has 0 fully saturated rings. The Bertz CT molecular complexity index is 1270. The summed E-state index contributed by atoms with van der Waals surface area (Å²) in [6, 6.07) is 20.1. The first-order valence-electron chi connectivity index (χ1n) is 9.31. The van der Waals surface area contributed by atoms with Gasteiger partial charge in [0.15, 0.2) is 0 Å². The molecule has 0 aliphatic carbocycles. The summed E-state index contributed by atoms with van der Waals surface area (Å²) in [4.78, 5) is 20.2. The summed E-state index contributed by atoms with van der Waals surface area (Å²) in [5.41, 5.74) is 5.51. The molecule has 5 rings (SSSR count). The number of aromatic nitrogens is 1. The monoisotopic (exact) mass is 430 g/mol. The summed E-state index contributed by atoms with van der Waals surface area (Å²) in [5, 5.41) is 1.81. The second-order valence-electron chi connectivity index (χ2n) is 8.26. The minimum absolute atomic E-state index is 0.000193. The van der Waals surface area contributed by atoms with Crippen LogP contribution in [-0.2, 0) is 5.41 Å². The molecule has 0 saturated carbocycles. The predicted octanol–water partition coefficient (Wildman–Crippen LogP) is 6.74. The first kappa shape index (κ1) is 17.4. The molecule has 4 heteroatoms. The molecule has 138 valence electrons. The lowest BCUT2D eigenvalue weighted by Gasteiger charge is -2.22. The molecule has 28 heavy (non-hydrogen) atoms. The largest absolute Gasteiger partial charge is 0.276 e. The van der Waals surface area contributed by atoms with Crippen LogP contribution < -0.4 is 4.90 Å². The van der Waals surface area contributed by atoms with Gasteiger partial charge in [0.1, 0.15) is 0 Å². The van der Waals surface area contributed by atoms with Crippen LogP contribution in [0.2, 0.25) is 0 Å². The van der Waals surface area contributed by atoms with Crippen molar-refractivity contribution in [3.05, 3.63) is 76.3 Å². The number of hydrogen-bond donors (Lipinski definition) is 0. The van der Waals surface area contributed by atoms with E-state index in [0.717, 1.165) is 43.2 Å². The number of nitrogens with zero attached hydrogens (tertiary/aromatic N) is 2. The van der Waals surface area contributed by atoms with Crippen LogP contribution in [0.5, 0.6) is 0 Å². The van der Waals surface area contributed by atoms with E-state index in [9.17, 15) is 4.79 Å². The molecule has 1 aliphatic rings. The molecular weight excluding hydrogens is 412 g/mol. The Labute approximate surface area is 172 Å². The number of fused-ring (bicyclic) bond motifs is 2. The molecule has 1 aromatic heterocycles. The second-order valence-corrected chi connectivity index (χ2v) is 9.17. The van der Waals surface area contributed by atoms with E-state index in [1.54, 1.807) is 0 Å². The van der Waals surface area contributed by atoms with Gasteiger partial charge in [-0.3, -0.25) is 9.69 Å². The van der Waals surface area contributed by atoms with Crippen LogP contribution in [0, 0.1) is 0 Å². The molecule has 0 unspecified atom stereocenters. The highest BCUT2D eigenvalue weighted by molar-refractivity contribution is 9.10. The Morgan fingerprint density at radius 1 is 0.929 bits per heavy atom. The topological polar surface area (TPSA) is 33.2 Å². The molecule has 2 heterocycles. The van der Waals surface area contributed by atoms with E-state index in [1.807, 2.05) is 53.4 Å². The molecule has 0 atom stereocenters. The van der Waals surface area contributed by atoms with Crippen molar-refractivity contribution in [2.24, 2.45) is 0 Å². The maximum Gasteiger partial charge on any atom is 0.264 e. The highest BCUT2D eigenvalue weighted by Crippen LogP contribution is 2.44. The van der Waals surface area contributed by atoms with E-state index in [4.69, 9.17) is 4.98 Å². The first-order valence-corrected chi connectivity index (χ1v) is 10.1. The van der Waals surface area contributed by atoms with Crippen molar-refractivity contribution in [2.75, 3.05) is 4.90 Å². The molecule has 3 nitrogen and oxygen atoms in total. The number of amides is 1. The molecular formula is C24H19BrN2O. The van der Waals surface area contributed by atoms with Gasteiger partial charge in [-0.1, -0.05) is 54.9 Å². The third kappa shape index (κ3) is 2.48. The Hall–Kier alpha value is -2.72. The average molecular weight is 431 g/mol. The van der Waals surface area contributed by atoms with Crippen LogP contribution in [0.15, 0.2) is 65.1 Å². The van der Waals surface area contributed by atoms with Crippen LogP contribution in [0.3, 0.4) is 0 Å². The third-order valence-electron chi connectivity index (χ3n) is 5.39. The van der Waals surface area contributed by atoms with Crippen LogP contribution in [0.25, 0.3) is 21.8 Å². The number of benzene rings is 3. The predicted molar refractivity (Wildman–Crippen MR) is 119 cm³/mol. The van der Waals surface area contributed by atoms with Crippen LogP contribution in [0.1, 0.15) is 36.7 Å². The Morgan fingerprint density at radius 2 is 1.68 bits per heavy atom. The molecule has 0 saturated heterocycles. The van der Waals surface area contributed by atoms with Crippen molar-refractivity contribution in [3.8, 4) is 0 Å². The Balaban J connectivity index is 1.75. The number of carbonyl (C=O) groups excluding carboxylic acids is 1. The van der Waals surface area contributed by atoms with E-state index in [1.165, 1.54) is 5.56 Å². The number of anilines is 2. The smallest absolute Gasteiger partial charge is 0.264 e. The van der Waals surface area contributed by atoms with Gasteiger partial charge >= 0.3 is 0 Å². The van der Waals surface area contributed by atoms with Gasteiger partial charge in [0.05, 0.1) is 22.3 Å². The lowest BCUT2D eigenvalue weighted by molar-refractivity contribution is 0.101. The van der Waals surface area contributed by atoms with Crippen molar-refractivity contribution in [1.82, 2.24) is 4.98 Å². The number of halogens is 1. The van der Waals surface area contributed by atoms with Crippen molar-refractivity contribution in [2.45, 2.75) is 26.2 Å². The van der Waals surface area contributed by atoms with Gasteiger partial charge in [0.25, 0.3) is 5.91 Å². The van der Waals surface area contributed by atoms with Crippen molar-refractivity contribution in [3.63, 3.8) is 0 Å². The average Bonchev–Trinajstić information content (AvgIpc) is 2.96.